The third-order valence-corrected chi connectivity index (χ3v) is 4.86. The highest BCUT2D eigenvalue weighted by atomic mass is 35.5. The number of hydrogen-bond acceptors (Lipinski definition) is 4. The molecule has 0 saturated heterocycles. The van der Waals surface area contributed by atoms with Crippen molar-refractivity contribution in [3.05, 3.63) is 58.9 Å². The Morgan fingerprint density at radius 2 is 1.83 bits per heavy atom. The van der Waals surface area contributed by atoms with Crippen molar-refractivity contribution in [1.29, 1.82) is 0 Å². The summed E-state index contributed by atoms with van der Waals surface area (Å²) in [6.07, 6.45) is 0. The van der Waals surface area contributed by atoms with Crippen LogP contribution in [-0.4, -0.2) is 18.1 Å². The van der Waals surface area contributed by atoms with E-state index in [-0.39, 0.29) is 0 Å². The molecule has 0 aliphatic rings. The molecule has 0 atom stereocenters. The SMILES string of the molecule is CCN(CC)c1ccc(Nc2nc(-c3cccc(Cl)c3)cs2)cc1. The van der Waals surface area contributed by atoms with Crippen LogP contribution in [0.25, 0.3) is 11.3 Å². The van der Waals surface area contributed by atoms with Crippen molar-refractivity contribution in [2.75, 3.05) is 23.3 Å². The summed E-state index contributed by atoms with van der Waals surface area (Å²) in [5.74, 6) is 0. The van der Waals surface area contributed by atoms with Gasteiger partial charge >= 0.3 is 0 Å². The van der Waals surface area contributed by atoms with E-state index in [9.17, 15) is 0 Å². The van der Waals surface area contributed by atoms with Gasteiger partial charge in [-0.15, -0.1) is 11.3 Å². The first-order valence-electron chi connectivity index (χ1n) is 8.03. The molecule has 0 aliphatic carbocycles. The Balaban J connectivity index is 1.73. The van der Waals surface area contributed by atoms with Crippen LogP contribution in [0.4, 0.5) is 16.5 Å². The minimum Gasteiger partial charge on any atom is -0.372 e. The molecule has 3 nitrogen and oxygen atoms in total. The molecule has 3 aromatic rings. The lowest BCUT2D eigenvalue weighted by atomic mass is 10.2. The van der Waals surface area contributed by atoms with Gasteiger partial charge < -0.3 is 10.2 Å². The molecule has 0 bridgehead atoms. The average molecular weight is 358 g/mol. The van der Waals surface area contributed by atoms with Crippen LogP contribution in [0.2, 0.25) is 5.02 Å². The predicted octanol–water partition coefficient (Wildman–Crippen LogP) is 6.05. The highest BCUT2D eigenvalue weighted by molar-refractivity contribution is 7.14. The third kappa shape index (κ3) is 3.89. The maximum absolute atomic E-state index is 6.05. The Bertz CT molecular complexity index is 794. The Morgan fingerprint density at radius 3 is 2.50 bits per heavy atom. The first-order valence-corrected chi connectivity index (χ1v) is 9.29. The standard InChI is InChI=1S/C19H20ClN3S/c1-3-23(4-2)17-10-8-16(9-11-17)21-19-22-18(13-24-19)14-6-5-7-15(20)12-14/h5-13H,3-4H2,1-2H3,(H,21,22). The molecule has 1 aromatic heterocycles. The molecule has 1 heterocycles. The van der Waals surface area contributed by atoms with E-state index in [1.807, 2.05) is 29.6 Å². The lowest BCUT2D eigenvalue weighted by Crippen LogP contribution is -2.21. The van der Waals surface area contributed by atoms with Crippen LogP contribution in [0.5, 0.6) is 0 Å². The largest absolute Gasteiger partial charge is 0.372 e. The molecular weight excluding hydrogens is 338 g/mol. The quantitative estimate of drug-likeness (QED) is 0.581. The van der Waals surface area contributed by atoms with Gasteiger partial charge in [0.15, 0.2) is 5.13 Å². The fourth-order valence-electron chi connectivity index (χ4n) is 2.58. The molecule has 0 fully saturated rings. The van der Waals surface area contributed by atoms with Crippen molar-refractivity contribution in [3.8, 4) is 11.3 Å². The number of anilines is 3. The first-order chi connectivity index (χ1) is 11.7. The molecule has 0 saturated carbocycles. The van der Waals surface area contributed by atoms with Crippen molar-refractivity contribution in [2.45, 2.75) is 13.8 Å². The smallest absolute Gasteiger partial charge is 0.187 e. The van der Waals surface area contributed by atoms with Crippen molar-refractivity contribution in [3.63, 3.8) is 0 Å². The second kappa shape index (κ2) is 7.69. The van der Waals surface area contributed by atoms with Crippen molar-refractivity contribution < 1.29 is 0 Å². The van der Waals surface area contributed by atoms with Crippen LogP contribution >= 0.6 is 22.9 Å². The maximum Gasteiger partial charge on any atom is 0.187 e. The van der Waals surface area contributed by atoms with Gasteiger partial charge in [-0.05, 0) is 50.2 Å². The van der Waals surface area contributed by atoms with Gasteiger partial charge in [-0.1, -0.05) is 23.7 Å². The zero-order valence-electron chi connectivity index (χ0n) is 13.8. The Hall–Kier alpha value is -2.04. The third-order valence-electron chi connectivity index (χ3n) is 3.87. The first kappa shape index (κ1) is 16.8. The van der Waals surface area contributed by atoms with Gasteiger partial charge in [-0.3, -0.25) is 0 Å². The normalized spacial score (nSPS) is 10.6. The summed E-state index contributed by atoms with van der Waals surface area (Å²) in [6.45, 7) is 6.36. The number of halogens is 1. The molecule has 0 aliphatic heterocycles. The molecule has 124 valence electrons. The molecule has 3 rings (SSSR count). The number of rotatable bonds is 6. The van der Waals surface area contributed by atoms with Crippen LogP contribution in [0.3, 0.4) is 0 Å². The minimum atomic E-state index is 0.724. The van der Waals surface area contributed by atoms with Gasteiger partial charge in [-0.2, -0.15) is 0 Å². The van der Waals surface area contributed by atoms with Gasteiger partial charge in [0.2, 0.25) is 0 Å². The van der Waals surface area contributed by atoms with Crippen LogP contribution < -0.4 is 10.2 Å². The van der Waals surface area contributed by atoms with E-state index in [4.69, 9.17) is 11.6 Å². The summed E-state index contributed by atoms with van der Waals surface area (Å²) in [6, 6.07) is 16.2. The highest BCUT2D eigenvalue weighted by Gasteiger charge is 2.06. The van der Waals surface area contributed by atoms with Crippen LogP contribution in [-0.2, 0) is 0 Å². The summed E-state index contributed by atoms with van der Waals surface area (Å²) in [4.78, 5) is 6.97. The number of aromatic nitrogens is 1. The number of benzene rings is 2. The summed E-state index contributed by atoms with van der Waals surface area (Å²) in [5, 5.41) is 7.01. The lowest BCUT2D eigenvalue weighted by molar-refractivity contribution is 0.866. The van der Waals surface area contributed by atoms with E-state index in [1.165, 1.54) is 5.69 Å². The van der Waals surface area contributed by atoms with E-state index in [0.717, 1.165) is 40.2 Å². The minimum absolute atomic E-state index is 0.724. The Kier molecular flexibility index (Phi) is 5.38. The van der Waals surface area contributed by atoms with Gasteiger partial charge in [0.25, 0.3) is 0 Å². The fourth-order valence-corrected chi connectivity index (χ4v) is 3.51. The zero-order chi connectivity index (χ0) is 16.9. The fraction of sp³-hybridized carbons (Fsp3) is 0.211. The molecule has 24 heavy (non-hydrogen) atoms. The summed E-state index contributed by atoms with van der Waals surface area (Å²) >= 11 is 7.64. The molecule has 0 spiro atoms. The second-order valence-electron chi connectivity index (χ2n) is 5.39. The molecule has 0 unspecified atom stereocenters. The summed E-state index contributed by atoms with van der Waals surface area (Å²) < 4.78 is 0. The zero-order valence-corrected chi connectivity index (χ0v) is 15.4. The van der Waals surface area contributed by atoms with E-state index in [2.05, 4.69) is 53.3 Å². The molecule has 2 aromatic carbocycles. The molecule has 5 heteroatoms. The van der Waals surface area contributed by atoms with E-state index in [0.29, 0.717) is 0 Å². The van der Waals surface area contributed by atoms with Gasteiger partial charge in [0.05, 0.1) is 5.69 Å². The van der Waals surface area contributed by atoms with Crippen molar-refractivity contribution >= 4 is 39.4 Å². The average Bonchev–Trinajstić information content (AvgIpc) is 3.06. The van der Waals surface area contributed by atoms with E-state index >= 15 is 0 Å². The summed E-state index contributed by atoms with van der Waals surface area (Å²) in [7, 11) is 0. The summed E-state index contributed by atoms with van der Waals surface area (Å²) in [5.41, 5.74) is 4.25. The van der Waals surface area contributed by atoms with E-state index in [1.54, 1.807) is 11.3 Å². The van der Waals surface area contributed by atoms with Crippen molar-refractivity contribution in [1.82, 2.24) is 4.98 Å². The Labute approximate surface area is 151 Å². The van der Waals surface area contributed by atoms with Gasteiger partial charge in [0, 0.05) is 40.4 Å². The number of thiazole rings is 1. The molecule has 0 radical (unpaired) electrons. The van der Waals surface area contributed by atoms with E-state index < -0.39 is 0 Å². The van der Waals surface area contributed by atoms with Gasteiger partial charge in [0.1, 0.15) is 0 Å². The highest BCUT2D eigenvalue weighted by Crippen LogP contribution is 2.29. The molecule has 1 N–H and O–H groups in total. The maximum atomic E-state index is 6.05. The number of hydrogen-bond donors (Lipinski definition) is 1. The lowest BCUT2D eigenvalue weighted by Gasteiger charge is -2.21. The Morgan fingerprint density at radius 1 is 1.08 bits per heavy atom. The topological polar surface area (TPSA) is 28.2 Å². The van der Waals surface area contributed by atoms with Crippen molar-refractivity contribution in [2.24, 2.45) is 0 Å². The predicted molar refractivity (Wildman–Crippen MR) is 106 cm³/mol. The monoisotopic (exact) mass is 357 g/mol. The van der Waals surface area contributed by atoms with Crippen LogP contribution in [0, 0.1) is 0 Å². The molecular formula is C19H20ClN3S. The van der Waals surface area contributed by atoms with Gasteiger partial charge in [-0.25, -0.2) is 4.98 Å². The molecule has 0 amide bonds. The van der Waals surface area contributed by atoms with Crippen LogP contribution in [0.1, 0.15) is 13.8 Å². The number of nitrogens with one attached hydrogen (secondary N) is 1. The number of nitrogens with zero attached hydrogens (tertiary/aromatic N) is 2. The van der Waals surface area contributed by atoms with Crippen LogP contribution in [0.15, 0.2) is 53.9 Å². The second-order valence-corrected chi connectivity index (χ2v) is 6.69.